The maximum atomic E-state index is 14.1. The second-order valence-corrected chi connectivity index (χ2v) is 7.38. The van der Waals surface area contributed by atoms with Crippen LogP contribution < -0.4 is 10.0 Å². The van der Waals surface area contributed by atoms with Gasteiger partial charge >= 0.3 is 0 Å². The van der Waals surface area contributed by atoms with Gasteiger partial charge in [0.2, 0.25) is 0 Å². The fraction of sp³-hybridized carbons (Fsp3) is 0.389. The Kier molecular flexibility index (Phi) is 3.22. The molecule has 144 valence electrons. The van der Waals surface area contributed by atoms with Crippen molar-refractivity contribution in [1.82, 2.24) is 25.2 Å². The Hall–Kier alpha value is -3.14. The van der Waals surface area contributed by atoms with Gasteiger partial charge in [-0.2, -0.15) is 10.2 Å². The summed E-state index contributed by atoms with van der Waals surface area (Å²) in [6.07, 6.45) is 7.00. The lowest BCUT2D eigenvalue weighted by molar-refractivity contribution is 0.0809. The summed E-state index contributed by atoms with van der Waals surface area (Å²) in [7, 11) is 1.70. The van der Waals surface area contributed by atoms with Crippen LogP contribution in [0.15, 0.2) is 47.5 Å². The molecule has 0 N–H and O–H groups in total. The number of halogens is 1. The minimum absolute atomic E-state index is 0.0466. The van der Waals surface area contributed by atoms with E-state index >= 15 is 0 Å². The number of nitrogens with zero attached hydrogens (tertiary/aromatic N) is 8. The zero-order chi connectivity index (χ0) is 18.8. The molecular formula is C18H19FN8O. The number of aromatic nitrogens is 3. The fourth-order valence-electron chi connectivity index (χ4n) is 4.18. The molecule has 0 radical (unpaired) electrons. The number of anilines is 1. The van der Waals surface area contributed by atoms with Crippen LogP contribution in [-0.2, 0) is 4.74 Å². The number of hydrogen-bond acceptors (Lipinski definition) is 8. The number of hydrogen-bond donors (Lipinski definition) is 0. The van der Waals surface area contributed by atoms with Crippen LogP contribution in [0.3, 0.4) is 0 Å². The van der Waals surface area contributed by atoms with Crippen molar-refractivity contribution in [2.75, 3.05) is 23.8 Å². The standard InChI is InChI=1S/C18H19FN8O/c1-28-17(12-6-7-12)14-8-25(22-21-14)26-10-20-18-13-4-2-3-5-15(13)24-11-23(19)9-16(24)27(18)26/h2-5,8-10,12,17-18H,6-7,11H2,1H3. The lowest BCUT2D eigenvalue weighted by atomic mass is 10.1. The van der Waals surface area contributed by atoms with Crippen molar-refractivity contribution in [2.24, 2.45) is 10.9 Å². The van der Waals surface area contributed by atoms with Crippen LogP contribution in [0.5, 0.6) is 0 Å². The maximum absolute atomic E-state index is 14.1. The van der Waals surface area contributed by atoms with Crippen LogP contribution in [-0.4, -0.2) is 45.4 Å². The van der Waals surface area contributed by atoms with Gasteiger partial charge < -0.3 is 9.64 Å². The van der Waals surface area contributed by atoms with E-state index in [1.54, 1.807) is 23.4 Å². The minimum atomic E-state index is -0.278. The van der Waals surface area contributed by atoms with Crippen LogP contribution >= 0.6 is 0 Å². The molecule has 2 atom stereocenters. The second kappa shape index (κ2) is 5.68. The summed E-state index contributed by atoms with van der Waals surface area (Å²) in [6, 6.07) is 7.94. The van der Waals surface area contributed by atoms with E-state index in [-0.39, 0.29) is 18.9 Å². The molecule has 1 aliphatic carbocycles. The van der Waals surface area contributed by atoms with Crippen molar-refractivity contribution in [1.29, 1.82) is 0 Å². The highest BCUT2D eigenvalue weighted by Crippen LogP contribution is 2.45. The number of fused-ring (bicyclic) bond motifs is 6. The number of methoxy groups -OCH3 is 1. The number of para-hydroxylation sites is 1. The first-order valence-electron chi connectivity index (χ1n) is 9.32. The van der Waals surface area contributed by atoms with Gasteiger partial charge in [-0.25, -0.2) is 10.0 Å². The lowest BCUT2D eigenvalue weighted by Gasteiger charge is -2.41. The van der Waals surface area contributed by atoms with Gasteiger partial charge in [0.05, 0.1) is 18.1 Å². The third kappa shape index (κ3) is 2.18. The molecule has 4 heterocycles. The lowest BCUT2D eigenvalue weighted by Crippen LogP contribution is -2.51. The van der Waals surface area contributed by atoms with E-state index in [0.717, 1.165) is 29.8 Å². The van der Waals surface area contributed by atoms with Gasteiger partial charge in [0.15, 0.2) is 12.0 Å². The van der Waals surface area contributed by atoms with Gasteiger partial charge in [0.25, 0.3) is 0 Å². The summed E-state index contributed by atoms with van der Waals surface area (Å²) < 4.78 is 19.8. The smallest absolute Gasteiger partial charge is 0.173 e. The average Bonchev–Trinajstić information content (AvgIpc) is 3.11. The number of aliphatic imine (C=N–C) groups is 1. The Labute approximate surface area is 160 Å². The summed E-state index contributed by atoms with van der Waals surface area (Å²) in [5.74, 6) is 1.20. The molecule has 1 aromatic carbocycles. The first-order chi connectivity index (χ1) is 13.7. The van der Waals surface area contributed by atoms with Gasteiger partial charge in [0, 0.05) is 12.7 Å². The van der Waals surface area contributed by atoms with Crippen molar-refractivity contribution >= 4 is 12.0 Å². The molecule has 1 aromatic heterocycles. The highest BCUT2D eigenvalue weighted by atomic mass is 19.2. The predicted octanol–water partition coefficient (Wildman–Crippen LogP) is 2.05. The molecule has 1 fully saturated rings. The van der Waals surface area contributed by atoms with E-state index in [4.69, 9.17) is 4.74 Å². The van der Waals surface area contributed by atoms with Crippen molar-refractivity contribution in [2.45, 2.75) is 25.1 Å². The molecule has 2 unspecified atom stereocenters. The molecule has 0 spiro atoms. The molecule has 1 saturated carbocycles. The first kappa shape index (κ1) is 15.9. The monoisotopic (exact) mass is 382 g/mol. The Morgan fingerprint density at radius 2 is 2.11 bits per heavy atom. The zero-order valence-electron chi connectivity index (χ0n) is 15.3. The largest absolute Gasteiger partial charge is 0.375 e. The molecule has 0 saturated heterocycles. The average molecular weight is 382 g/mol. The van der Waals surface area contributed by atoms with Gasteiger partial charge in [-0.3, -0.25) is 0 Å². The van der Waals surface area contributed by atoms with Crippen molar-refractivity contribution in [3.05, 3.63) is 53.7 Å². The summed E-state index contributed by atoms with van der Waals surface area (Å²) in [5, 5.41) is 12.9. The predicted molar refractivity (Wildman–Crippen MR) is 98.6 cm³/mol. The summed E-state index contributed by atoms with van der Waals surface area (Å²) in [5.41, 5.74) is 2.77. The van der Waals surface area contributed by atoms with Crippen LogP contribution in [0.25, 0.3) is 0 Å². The Morgan fingerprint density at radius 3 is 2.93 bits per heavy atom. The highest BCUT2D eigenvalue weighted by Gasteiger charge is 2.44. The minimum Gasteiger partial charge on any atom is -0.375 e. The normalized spacial score (nSPS) is 23.6. The number of rotatable bonds is 4. The van der Waals surface area contributed by atoms with Crippen LogP contribution in [0.1, 0.15) is 36.4 Å². The third-order valence-electron chi connectivity index (χ3n) is 5.62. The van der Waals surface area contributed by atoms with E-state index < -0.39 is 0 Å². The Morgan fingerprint density at radius 1 is 1.25 bits per heavy atom. The quantitative estimate of drug-likeness (QED) is 0.750. The van der Waals surface area contributed by atoms with Crippen molar-refractivity contribution in [3.63, 3.8) is 0 Å². The molecule has 2 aromatic rings. The molecule has 28 heavy (non-hydrogen) atoms. The van der Waals surface area contributed by atoms with E-state index in [1.165, 1.54) is 6.20 Å². The third-order valence-corrected chi connectivity index (χ3v) is 5.62. The van der Waals surface area contributed by atoms with E-state index in [1.807, 2.05) is 40.4 Å². The second-order valence-electron chi connectivity index (χ2n) is 7.38. The van der Waals surface area contributed by atoms with Gasteiger partial charge in [-0.05, 0) is 30.0 Å². The number of benzene rings is 1. The Balaban J connectivity index is 1.39. The van der Waals surface area contributed by atoms with E-state index in [0.29, 0.717) is 16.9 Å². The maximum Gasteiger partial charge on any atom is 0.173 e. The molecule has 3 aliphatic heterocycles. The fourth-order valence-corrected chi connectivity index (χ4v) is 4.18. The number of ether oxygens (including phenoxy) is 1. The molecule has 6 rings (SSSR count). The number of hydrazine groups is 1. The zero-order valence-corrected chi connectivity index (χ0v) is 15.3. The van der Waals surface area contributed by atoms with Crippen LogP contribution in [0.2, 0.25) is 0 Å². The van der Waals surface area contributed by atoms with Gasteiger partial charge in [-0.1, -0.05) is 22.7 Å². The van der Waals surface area contributed by atoms with E-state index in [2.05, 4.69) is 15.3 Å². The SMILES string of the molecule is COC(c1cn(N2C=NC3c4ccccc4N4CN(F)C=C4N32)nn1)C1CC1. The Bertz CT molecular complexity index is 985. The van der Waals surface area contributed by atoms with E-state index in [9.17, 15) is 4.48 Å². The van der Waals surface area contributed by atoms with Crippen molar-refractivity contribution in [3.8, 4) is 0 Å². The molecule has 9 nitrogen and oxygen atoms in total. The highest BCUT2D eigenvalue weighted by molar-refractivity contribution is 5.73. The molecule has 10 heteroatoms. The first-order valence-corrected chi connectivity index (χ1v) is 9.32. The van der Waals surface area contributed by atoms with Gasteiger partial charge in [-0.15, -0.1) is 9.89 Å². The summed E-state index contributed by atoms with van der Waals surface area (Å²) in [4.78, 5) is 8.21. The molecule has 0 bridgehead atoms. The van der Waals surface area contributed by atoms with Gasteiger partial charge in [0.1, 0.15) is 24.8 Å². The summed E-state index contributed by atoms with van der Waals surface area (Å²) in [6.45, 7) is 0.138. The van der Waals surface area contributed by atoms with Crippen LogP contribution in [0, 0.1) is 5.92 Å². The molecule has 0 amide bonds. The molecule has 4 aliphatic rings. The van der Waals surface area contributed by atoms with Crippen molar-refractivity contribution < 1.29 is 9.22 Å². The van der Waals surface area contributed by atoms with Crippen LogP contribution in [0.4, 0.5) is 10.2 Å². The molecular weight excluding hydrogens is 363 g/mol. The topological polar surface area (TPSA) is 65.3 Å². The summed E-state index contributed by atoms with van der Waals surface area (Å²) >= 11 is 0.